The van der Waals surface area contributed by atoms with Gasteiger partial charge in [0.25, 0.3) is 5.91 Å². The number of nitrogens with one attached hydrogen (secondary N) is 1. The number of aryl methyl sites for hydroxylation is 2. The molecule has 3 aromatic rings. The first-order valence-corrected chi connectivity index (χ1v) is 12.9. The average Bonchev–Trinajstić information content (AvgIpc) is 3.62. The molecule has 8 nitrogen and oxygen atoms in total. The number of aromatic nitrogens is 2. The quantitative estimate of drug-likeness (QED) is 0.355. The Balaban J connectivity index is 0.000000245. The highest BCUT2D eigenvalue weighted by Gasteiger charge is 2.25. The topological polar surface area (TPSA) is 83.7 Å². The Morgan fingerprint density at radius 1 is 1.19 bits per heavy atom. The van der Waals surface area contributed by atoms with Gasteiger partial charge in [0.2, 0.25) is 11.8 Å². The number of carbonyl (C=O) groups is 1. The smallest absolute Gasteiger partial charge is 0.275 e. The minimum atomic E-state index is -0.469. The minimum Gasteiger partial charge on any atom is -0.497 e. The number of nitrogens with zero attached hydrogens (tertiary/aromatic N) is 4. The summed E-state index contributed by atoms with van der Waals surface area (Å²) >= 11 is 4.34. The molecule has 3 heterocycles. The predicted octanol–water partition coefficient (Wildman–Crippen LogP) is 4.02. The van der Waals surface area contributed by atoms with Gasteiger partial charge in [0.15, 0.2) is 5.69 Å². The molecule has 1 aromatic carbocycles. The van der Waals surface area contributed by atoms with E-state index in [-0.39, 0.29) is 5.91 Å². The molecule has 10 heteroatoms. The zero-order chi connectivity index (χ0) is 26.4. The fraction of sp³-hybridized carbons (Fsp3) is 0.444. The fourth-order valence-corrected chi connectivity index (χ4v) is 4.20. The molecule has 1 aliphatic carbocycles. The van der Waals surface area contributed by atoms with E-state index in [9.17, 15) is 9.18 Å². The summed E-state index contributed by atoms with van der Waals surface area (Å²) in [4.78, 5) is 25.6. The number of hydrogen-bond acceptors (Lipinski definition) is 8. The lowest BCUT2D eigenvalue weighted by Gasteiger charge is -2.34. The van der Waals surface area contributed by atoms with Crippen molar-refractivity contribution < 1.29 is 18.3 Å². The van der Waals surface area contributed by atoms with Crippen LogP contribution in [-0.4, -0.2) is 65.0 Å². The summed E-state index contributed by atoms with van der Waals surface area (Å²) < 4.78 is 23.4. The lowest BCUT2D eigenvalue weighted by molar-refractivity contribution is 0.0622. The number of thiol groups is 1. The molecular weight excluding hydrogens is 493 g/mol. The number of rotatable bonds is 7. The van der Waals surface area contributed by atoms with Gasteiger partial charge in [0, 0.05) is 49.9 Å². The van der Waals surface area contributed by atoms with Gasteiger partial charge in [-0.15, -0.1) is 12.6 Å². The average molecular weight is 528 g/mol. The number of benzene rings is 1. The molecule has 0 bridgehead atoms. The summed E-state index contributed by atoms with van der Waals surface area (Å²) in [6.45, 7) is 8.11. The van der Waals surface area contributed by atoms with Crippen molar-refractivity contribution in [2.24, 2.45) is 0 Å². The molecule has 1 saturated carbocycles. The first-order chi connectivity index (χ1) is 17.8. The van der Waals surface area contributed by atoms with E-state index in [2.05, 4.69) is 32.8 Å². The van der Waals surface area contributed by atoms with Crippen LogP contribution in [0.15, 0.2) is 46.0 Å². The molecule has 1 N–H and O–H groups in total. The molecule has 5 rings (SSSR count). The maximum Gasteiger partial charge on any atom is 0.275 e. The van der Waals surface area contributed by atoms with E-state index in [1.807, 2.05) is 26.0 Å². The van der Waals surface area contributed by atoms with E-state index in [4.69, 9.17) is 9.15 Å². The Morgan fingerprint density at radius 3 is 2.49 bits per heavy atom. The van der Waals surface area contributed by atoms with E-state index in [0.717, 1.165) is 40.4 Å². The van der Waals surface area contributed by atoms with E-state index < -0.39 is 5.95 Å². The number of oxazole rings is 1. The molecule has 1 aliphatic heterocycles. The van der Waals surface area contributed by atoms with Crippen molar-refractivity contribution in [2.75, 3.05) is 33.3 Å². The molecule has 1 saturated heterocycles. The standard InChI is InChI=1S/C18H22FN5O2.C9H12OS/c19-16-4-1-13(9-21-16)11-23-5-7-24(8-6-23)18(25)15-12-26-17(22-15)10-20-14-2-3-14;1-6-4-8(10-3)5-7(2)9(6)11/h1,4,9,12,14,20H,2-3,5-8,10-11H2;4-5,11H,1-3H3. The number of pyridine rings is 1. The molecule has 2 aromatic heterocycles. The van der Waals surface area contributed by atoms with Crippen molar-refractivity contribution in [3.05, 3.63) is 70.9 Å². The molecule has 2 fully saturated rings. The Labute approximate surface area is 222 Å². The van der Waals surface area contributed by atoms with Crippen LogP contribution in [0.4, 0.5) is 4.39 Å². The Hall–Kier alpha value is -2.95. The van der Waals surface area contributed by atoms with Crippen LogP contribution in [0.3, 0.4) is 0 Å². The number of amides is 1. The number of methoxy groups -OCH3 is 1. The van der Waals surface area contributed by atoms with Crippen LogP contribution >= 0.6 is 12.6 Å². The van der Waals surface area contributed by atoms with Gasteiger partial charge in [-0.2, -0.15) is 4.39 Å². The van der Waals surface area contributed by atoms with Gasteiger partial charge in [0.1, 0.15) is 12.0 Å². The summed E-state index contributed by atoms with van der Waals surface area (Å²) in [7, 11) is 1.67. The molecule has 37 heavy (non-hydrogen) atoms. The van der Waals surface area contributed by atoms with Crippen LogP contribution in [0.5, 0.6) is 5.75 Å². The van der Waals surface area contributed by atoms with Gasteiger partial charge >= 0.3 is 0 Å². The van der Waals surface area contributed by atoms with Crippen molar-refractivity contribution in [1.82, 2.24) is 25.1 Å². The molecule has 198 valence electrons. The second-order valence-electron chi connectivity index (χ2n) is 9.45. The SMILES string of the molecule is COc1cc(C)c(S)c(C)c1.O=C(c1coc(CNC2CC2)n1)N1CCN(Cc2ccc(F)nc2)CC1. The maximum absolute atomic E-state index is 12.9. The zero-order valence-corrected chi connectivity index (χ0v) is 22.4. The van der Waals surface area contributed by atoms with Gasteiger partial charge in [-0.1, -0.05) is 6.07 Å². The highest BCUT2D eigenvalue weighted by Crippen LogP contribution is 2.24. The van der Waals surface area contributed by atoms with Gasteiger partial charge < -0.3 is 19.4 Å². The fourth-order valence-electron chi connectivity index (χ4n) is 4.07. The normalized spacial score (nSPS) is 15.8. The Kier molecular flexibility index (Phi) is 9.18. The van der Waals surface area contributed by atoms with Crippen molar-refractivity contribution >= 4 is 18.5 Å². The van der Waals surface area contributed by atoms with Gasteiger partial charge in [-0.05, 0) is 61.6 Å². The van der Waals surface area contributed by atoms with Gasteiger partial charge in [-0.25, -0.2) is 9.97 Å². The summed E-state index contributed by atoms with van der Waals surface area (Å²) in [5.41, 5.74) is 3.65. The number of halogens is 1. The molecule has 2 aliphatic rings. The van der Waals surface area contributed by atoms with Crippen LogP contribution in [-0.2, 0) is 13.1 Å². The van der Waals surface area contributed by atoms with Crippen LogP contribution in [0.25, 0.3) is 0 Å². The van der Waals surface area contributed by atoms with Crippen LogP contribution in [0, 0.1) is 19.8 Å². The first kappa shape index (κ1) is 27.1. The molecule has 0 unspecified atom stereocenters. The Morgan fingerprint density at radius 2 is 1.89 bits per heavy atom. The molecular formula is C27H34FN5O3S. The summed E-state index contributed by atoms with van der Waals surface area (Å²) in [5.74, 6) is 0.901. The largest absolute Gasteiger partial charge is 0.497 e. The van der Waals surface area contributed by atoms with E-state index in [1.165, 1.54) is 25.2 Å². The molecule has 0 spiro atoms. The second kappa shape index (κ2) is 12.5. The third kappa shape index (κ3) is 7.77. The second-order valence-corrected chi connectivity index (χ2v) is 9.90. The lowest BCUT2D eigenvalue weighted by Crippen LogP contribution is -2.48. The number of carbonyl (C=O) groups excluding carboxylic acids is 1. The van der Waals surface area contributed by atoms with Gasteiger partial charge in [0.05, 0.1) is 13.7 Å². The minimum absolute atomic E-state index is 0.0884. The van der Waals surface area contributed by atoms with Crippen molar-refractivity contribution in [1.29, 1.82) is 0 Å². The molecule has 0 atom stereocenters. The van der Waals surface area contributed by atoms with Gasteiger partial charge in [-0.3, -0.25) is 9.69 Å². The van der Waals surface area contributed by atoms with Crippen molar-refractivity contribution in [3.63, 3.8) is 0 Å². The summed E-state index contributed by atoms with van der Waals surface area (Å²) in [6, 6.07) is 7.65. The van der Waals surface area contributed by atoms with Crippen LogP contribution in [0.1, 0.15) is 45.9 Å². The Bertz CT molecular complexity index is 1170. The van der Waals surface area contributed by atoms with E-state index in [1.54, 1.807) is 24.3 Å². The van der Waals surface area contributed by atoms with Crippen molar-refractivity contribution in [2.45, 2.75) is 50.7 Å². The summed E-state index contributed by atoms with van der Waals surface area (Å²) in [5, 5.41) is 3.32. The number of piperazine rings is 1. The zero-order valence-electron chi connectivity index (χ0n) is 21.5. The number of hydrogen-bond donors (Lipinski definition) is 2. The van der Waals surface area contributed by atoms with Crippen LogP contribution < -0.4 is 10.1 Å². The first-order valence-electron chi connectivity index (χ1n) is 12.5. The summed E-state index contributed by atoms with van der Waals surface area (Å²) in [6.07, 6.45) is 5.40. The third-order valence-corrected chi connectivity index (χ3v) is 7.15. The monoisotopic (exact) mass is 527 g/mol. The van der Waals surface area contributed by atoms with E-state index in [0.29, 0.717) is 43.8 Å². The molecule has 1 amide bonds. The highest BCUT2D eigenvalue weighted by molar-refractivity contribution is 7.80. The molecule has 0 radical (unpaired) electrons. The maximum atomic E-state index is 12.9. The van der Waals surface area contributed by atoms with E-state index >= 15 is 0 Å². The third-order valence-electron chi connectivity index (χ3n) is 6.44. The van der Waals surface area contributed by atoms with Crippen molar-refractivity contribution in [3.8, 4) is 5.75 Å². The lowest BCUT2D eigenvalue weighted by atomic mass is 10.1. The highest BCUT2D eigenvalue weighted by atomic mass is 32.1. The number of ether oxygens (including phenoxy) is 1. The van der Waals surface area contributed by atoms with Crippen LogP contribution in [0.2, 0.25) is 0 Å². The predicted molar refractivity (Wildman–Crippen MR) is 141 cm³/mol.